The Balaban J connectivity index is 0.00000338. The van der Waals surface area contributed by atoms with Gasteiger partial charge in [0.05, 0.1) is 33.1 Å². The van der Waals surface area contributed by atoms with Gasteiger partial charge in [-0.1, -0.05) is 13.0 Å². The first-order valence-corrected chi connectivity index (χ1v) is 8.61. The number of hydrogen-bond donors (Lipinski definition) is 2. The first-order valence-electron chi connectivity index (χ1n) is 8.61. The summed E-state index contributed by atoms with van der Waals surface area (Å²) in [7, 11) is 1.65. The van der Waals surface area contributed by atoms with Gasteiger partial charge in [0.2, 0.25) is 0 Å². The van der Waals surface area contributed by atoms with Gasteiger partial charge in [-0.3, -0.25) is 0 Å². The molecule has 26 heavy (non-hydrogen) atoms. The van der Waals surface area contributed by atoms with E-state index in [1.807, 2.05) is 37.3 Å². The fourth-order valence-electron chi connectivity index (χ4n) is 2.24. The van der Waals surface area contributed by atoms with Crippen molar-refractivity contribution in [1.82, 2.24) is 10.6 Å². The van der Waals surface area contributed by atoms with E-state index < -0.39 is 0 Å². The summed E-state index contributed by atoms with van der Waals surface area (Å²) in [5, 5.41) is 6.47. The highest BCUT2D eigenvalue weighted by Crippen LogP contribution is 2.28. The van der Waals surface area contributed by atoms with E-state index in [1.54, 1.807) is 13.4 Å². The van der Waals surface area contributed by atoms with Gasteiger partial charge in [-0.25, -0.2) is 4.99 Å². The van der Waals surface area contributed by atoms with Gasteiger partial charge in [-0.15, -0.1) is 24.0 Å². The number of furan rings is 1. The molecule has 0 unspecified atom stereocenters. The summed E-state index contributed by atoms with van der Waals surface area (Å²) in [5.74, 6) is 3.10. The van der Waals surface area contributed by atoms with E-state index in [0.717, 1.165) is 41.7 Å². The van der Waals surface area contributed by atoms with E-state index in [0.29, 0.717) is 19.7 Å². The minimum Gasteiger partial charge on any atom is -0.493 e. The van der Waals surface area contributed by atoms with Gasteiger partial charge < -0.3 is 24.5 Å². The number of ether oxygens (including phenoxy) is 2. The lowest BCUT2D eigenvalue weighted by Crippen LogP contribution is -2.36. The van der Waals surface area contributed by atoms with Crippen LogP contribution in [0.4, 0.5) is 0 Å². The van der Waals surface area contributed by atoms with Gasteiger partial charge in [0, 0.05) is 6.54 Å². The predicted octanol–water partition coefficient (Wildman–Crippen LogP) is 3.95. The Kier molecular flexibility index (Phi) is 10.6. The number of benzene rings is 1. The van der Waals surface area contributed by atoms with Crippen molar-refractivity contribution in [2.45, 2.75) is 33.4 Å². The monoisotopic (exact) mass is 473 g/mol. The third kappa shape index (κ3) is 7.15. The van der Waals surface area contributed by atoms with Crippen LogP contribution >= 0.6 is 24.0 Å². The first kappa shape index (κ1) is 22.1. The lowest BCUT2D eigenvalue weighted by atomic mass is 10.2. The number of guanidine groups is 1. The highest BCUT2D eigenvalue weighted by Gasteiger charge is 2.06. The van der Waals surface area contributed by atoms with Crippen LogP contribution in [0.15, 0.2) is 46.0 Å². The third-order valence-electron chi connectivity index (χ3n) is 3.46. The maximum Gasteiger partial charge on any atom is 0.191 e. The number of nitrogens with zero attached hydrogens (tertiary/aromatic N) is 1. The second kappa shape index (κ2) is 12.5. The number of rotatable bonds is 9. The maximum atomic E-state index is 5.68. The maximum absolute atomic E-state index is 5.68. The molecule has 0 saturated carbocycles. The molecule has 2 aromatic rings. The molecule has 0 radical (unpaired) electrons. The number of nitrogens with one attached hydrogen (secondary N) is 2. The average Bonchev–Trinajstić information content (AvgIpc) is 3.16. The Morgan fingerprint density at radius 2 is 2.00 bits per heavy atom. The van der Waals surface area contributed by atoms with Gasteiger partial charge in [0.1, 0.15) is 5.76 Å². The van der Waals surface area contributed by atoms with Gasteiger partial charge in [-0.2, -0.15) is 0 Å². The Morgan fingerprint density at radius 1 is 1.15 bits per heavy atom. The lowest BCUT2D eigenvalue weighted by molar-refractivity contribution is 0.294. The molecule has 0 fully saturated rings. The summed E-state index contributed by atoms with van der Waals surface area (Å²) in [5.41, 5.74) is 1.05. The molecule has 0 aliphatic carbocycles. The Morgan fingerprint density at radius 3 is 2.65 bits per heavy atom. The van der Waals surface area contributed by atoms with Crippen molar-refractivity contribution in [3.8, 4) is 11.5 Å². The van der Waals surface area contributed by atoms with Gasteiger partial charge in [0.15, 0.2) is 17.5 Å². The molecule has 0 saturated heterocycles. The SMILES string of the molecule is CCCOc1ccc(CN=C(NCC)NCc2ccco2)cc1OC.I. The highest BCUT2D eigenvalue weighted by atomic mass is 127. The molecule has 7 heteroatoms. The van der Waals surface area contributed by atoms with Crippen molar-refractivity contribution in [2.75, 3.05) is 20.3 Å². The smallest absolute Gasteiger partial charge is 0.191 e. The average molecular weight is 473 g/mol. The van der Waals surface area contributed by atoms with Crippen LogP contribution in [0.2, 0.25) is 0 Å². The third-order valence-corrected chi connectivity index (χ3v) is 3.46. The molecule has 0 aliphatic rings. The van der Waals surface area contributed by atoms with Crippen molar-refractivity contribution in [2.24, 2.45) is 4.99 Å². The van der Waals surface area contributed by atoms with Crippen LogP contribution in [0.1, 0.15) is 31.6 Å². The lowest BCUT2D eigenvalue weighted by Gasteiger charge is -2.12. The molecule has 0 bridgehead atoms. The Hall–Kier alpha value is -1.90. The first-order chi connectivity index (χ1) is 12.3. The molecular weight excluding hydrogens is 445 g/mol. The fourth-order valence-corrected chi connectivity index (χ4v) is 2.24. The molecule has 0 atom stereocenters. The molecule has 6 nitrogen and oxygen atoms in total. The summed E-state index contributed by atoms with van der Waals surface area (Å²) >= 11 is 0. The molecule has 0 amide bonds. The Bertz CT molecular complexity index is 660. The number of halogens is 1. The predicted molar refractivity (Wildman–Crippen MR) is 115 cm³/mol. The number of methoxy groups -OCH3 is 1. The number of aliphatic imine (C=N–C) groups is 1. The van der Waals surface area contributed by atoms with E-state index in [9.17, 15) is 0 Å². The fraction of sp³-hybridized carbons (Fsp3) is 0.421. The van der Waals surface area contributed by atoms with Gasteiger partial charge in [-0.05, 0) is 43.2 Å². The quantitative estimate of drug-likeness (QED) is 0.328. The van der Waals surface area contributed by atoms with Crippen molar-refractivity contribution in [3.63, 3.8) is 0 Å². The molecule has 2 rings (SSSR count). The van der Waals surface area contributed by atoms with E-state index in [1.165, 1.54) is 0 Å². The highest BCUT2D eigenvalue weighted by molar-refractivity contribution is 14.0. The molecule has 1 aromatic carbocycles. The van der Waals surface area contributed by atoms with Gasteiger partial charge >= 0.3 is 0 Å². The summed E-state index contributed by atoms with van der Waals surface area (Å²) in [6, 6.07) is 9.70. The summed E-state index contributed by atoms with van der Waals surface area (Å²) in [4.78, 5) is 4.61. The van der Waals surface area contributed by atoms with E-state index in [2.05, 4.69) is 22.5 Å². The molecular formula is C19H28IN3O3. The normalized spacial score (nSPS) is 10.8. The standard InChI is InChI=1S/C19H27N3O3.HI/c1-4-10-25-17-9-8-15(12-18(17)23-3)13-21-19(20-5-2)22-14-16-7-6-11-24-16;/h6-9,11-12H,4-5,10,13-14H2,1-3H3,(H2,20,21,22);1H. The van der Waals surface area contributed by atoms with Crippen LogP contribution in [0.5, 0.6) is 11.5 Å². The zero-order valence-corrected chi connectivity index (χ0v) is 17.9. The van der Waals surface area contributed by atoms with Crippen molar-refractivity contribution >= 4 is 29.9 Å². The Labute approximate surface area is 172 Å². The molecule has 0 aliphatic heterocycles. The molecule has 2 N–H and O–H groups in total. The summed E-state index contributed by atoms with van der Waals surface area (Å²) in [6.45, 7) is 6.70. The zero-order valence-electron chi connectivity index (χ0n) is 15.6. The van der Waals surface area contributed by atoms with Crippen LogP contribution in [-0.4, -0.2) is 26.2 Å². The topological polar surface area (TPSA) is 68.0 Å². The van der Waals surface area contributed by atoms with Gasteiger partial charge in [0.25, 0.3) is 0 Å². The van der Waals surface area contributed by atoms with Crippen LogP contribution in [0.3, 0.4) is 0 Å². The second-order valence-electron chi connectivity index (χ2n) is 5.46. The van der Waals surface area contributed by atoms with E-state index in [4.69, 9.17) is 13.9 Å². The largest absolute Gasteiger partial charge is 0.493 e. The van der Waals surface area contributed by atoms with Crippen molar-refractivity contribution < 1.29 is 13.9 Å². The zero-order chi connectivity index (χ0) is 17.9. The molecule has 0 spiro atoms. The van der Waals surface area contributed by atoms with Crippen molar-refractivity contribution in [1.29, 1.82) is 0 Å². The van der Waals surface area contributed by atoms with E-state index in [-0.39, 0.29) is 24.0 Å². The summed E-state index contributed by atoms with van der Waals surface area (Å²) < 4.78 is 16.4. The summed E-state index contributed by atoms with van der Waals surface area (Å²) in [6.07, 6.45) is 2.62. The minimum atomic E-state index is 0. The van der Waals surface area contributed by atoms with E-state index >= 15 is 0 Å². The minimum absolute atomic E-state index is 0. The van der Waals surface area contributed by atoms with Crippen LogP contribution in [0.25, 0.3) is 0 Å². The van der Waals surface area contributed by atoms with Crippen LogP contribution < -0.4 is 20.1 Å². The van der Waals surface area contributed by atoms with Crippen LogP contribution in [-0.2, 0) is 13.1 Å². The van der Waals surface area contributed by atoms with Crippen LogP contribution in [0, 0.1) is 0 Å². The number of hydrogen-bond acceptors (Lipinski definition) is 4. The second-order valence-corrected chi connectivity index (χ2v) is 5.46. The molecule has 1 aromatic heterocycles. The van der Waals surface area contributed by atoms with Crippen molar-refractivity contribution in [3.05, 3.63) is 47.9 Å². The molecule has 144 valence electrons. The molecule has 1 heterocycles.